The second-order valence-electron chi connectivity index (χ2n) is 6.02. The number of rotatable bonds is 6. The number of thioether (sulfide) groups is 1. The Bertz CT molecular complexity index is 686. The van der Waals surface area contributed by atoms with Gasteiger partial charge in [0.25, 0.3) is 0 Å². The maximum atomic E-state index is 5.90. The first-order valence-corrected chi connectivity index (χ1v) is 9.71. The van der Waals surface area contributed by atoms with E-state index in [2.05, 4.69) is 61.7 Å². The Morgan fingerprint density at radius 2 is 1.88 bits per heavy atom. The van der Waals surface area contributed by atoms with Gasteiger partial charge in [-0.15, -0.1) is 11.8 Å². The van der Waals surface area contributed by atoms with Crippen LogP contribution in [0.15, 0.2) is 47.4 Å². The van der Waals surface area contributed by atoms with Crippen molar-refractivity contribution in [3.8, 4) is 0 Å². The Hall–Kier alpha value is -1.23. The van der Waals surface area contributed by atoms with Gasteiger partial charge in [0, 0.05) is 27.9 Å². The fourth-order valence-electron chi connectivity index (χ4n) is 2.22. The molecule has 1 unspecified atom stereocenters. The Morgan fingerprint density at radius 3 is 2.54 bits per heavy atom. The van der Waals surface area contributed by atoms with Crippen molar-refractivity contribution in [2.75, 3.05) is 17.6 Å². The lowest BCUT2D eigenvalue weighted by Crippen LogP contribution is -2.32. The SMILES string of the molecule is Cc1ccc(NC(=S)NCC(C)CSc2ccc(Cl)cc2)c(C)c1. The summed E-state index contributed by atoms with van der Waals surface area (Å²) in [5.74, 6) is 1.53. The fourth-order valence-corrected chi connectivity index (χ4v) is 3.46. The number of nitrogens with one attached hydrogen (secondary N) is 2. The van der Waals surface area contributed by atoms with Crippen molar-refractivity contribution >= 4 is 46.4 Å². The molecule has 0 bridgehead atoms. The number of aryl methyl sites for hydroxylation is 2. The van der Waals surface area contributed by atoms with Gasteiger partial charge >= 0.3 is 0 Å². The second-order valence-corrected chi connectivity index (χ2v) is 7.96. The first kappa shape index (κ1) is 19.1. The van der Waals surface area contributed by atoms with Gasteiger partial charge in [-0.1, -0.05) is 36.2 Å². The highest BCUT2D eigenvalue weighted by Gasteiger charge is 2.06. The maximum absolute atomic E-state index is 5.90. The molecule has 0 aromatic heterocycles. The summed E-state index contributed by atoms with van der Waals surface area (Å²) in [4.78, 5) is 1.24. The number of benzene rings is 2. The molecule has 0 fully saturated rings. The Balaban J connectivity index is 1.73. The fraction of sp³-hybridized carbons (Fsp3) is 0.316. The van der Waals surface area contributed by atoms with Crippen molar-refractivity contribution in [1.29, 1.82) is 0 Å². The van der Waals surface area contributed by atoms with Gasteiger partial charge in [0.2, 0.25) is 0 Å². The summed E-state index contributed by atoms with van der Waals surface area (Å²) in [5.41, 5.74) is 3.51. The van der Waals surface area contributed by atoms with Gasteiger partial charge in [-0.05, 0) is 67.9 Å². The van der Waals surface area contributed by atoms with Crippen molar-refractivity contribution in [2.45, 2.75) is 25.7 Å². The van der Waals surface area contributed by atoms with Crippen LogP contribution in [-0.4, -0.2) is 17.4 Å². The molecule has 0 radical (unpaired) electrons. The van der Waals surface area contributed by atoms with Gasteiger partial charge in [-0.2, -0.15) is 0 Å². The standard InChI is InChI=1S/C19H23ClN2S2/c1-13-4-9-18(15(3)10-13)22-19(23)21-11-14(2)12-24-17-7-5-16(20)6-8-17/h4-10,14H,11-12H2,1-3H3,(H2,21,22,23). The van der Waals surface area contributed by atoms with Crippen LogP contribution in [-0.2, 0) is 0 Å². The first-order valence-electron chi connectivity index (χ1n) is 7.94. The molecule has 0 spiro atoms. The van der Waals surface area contributed by atoms with Crippen LogP contribution in [0.3, 0.4) is 0 Å². The first-order chi connectivity index (χ1) is 11.4. The van der Waals surface area contributed by atoms with Crippen LogP contribution in [0.1, 0.15) is 18.1 Å². The van der Waals surface area contributed by atoms with Gasteiger partial charge in [0.15, 0.2) is 5.11 Å². The monoisotopic (exact) mass is 378 g/mol. The predicted octanol–water partition coefficient (Wildman–Crippen LogP) is 5.67. The van der Waals surface area contributed by atoms with Crippen LogP contribution in [0.4, 0.5) is 5.69 Å². The minimum Gasteiger partial charge on any atom is -0.362 e. The molecule has 0 heterocycles. The average Bonchev–Trinajstić information content (AvgIpc) is 2.55. The van der Waals surface area contributed by atoms with Crippen LogP contribution >= 0.6 is 35.6 Å². The molecule has 2 rings (SSSR count). The predicted molar refractivity (Wildman–Crippen MR) is 111 cm³/mol. The highest BCUT2D eigenvalue weighted by atomic mass is 35.5. The molecule has 0 aliphatic rings. The normalized spacial score (nSPS) is 11.8. The Kier molecular flexibility index (Phi) is 7.40. The second kappa shape index (κ2) is 9.30. The maximum Gasteiger partial charge on any atom is 0.170 e. The molecule has 1 atom stereocenters. The molecule has 24 heavy (non-hydrogen) atoms. The van der Waals surface area contributed by atoms with Gasteiger partial charge in [-0.25, -0.2) is 0 Å². The lowest BCUT2D eigenvalue weighted by atomic mass is 10.1. The van der Waals surface area contributed by atoms with Crippen LogP contribution in [0, 0.1) is 19.8 Å². The minimum absolute atomic E-state index is 0.504. The van der Waals surface area contributed by atoms with Gasteiger partial charge in [0.05, 0.1) is 0 Å². The molecule has 2 N–H and O–H groups in total. The lowest BCUT2D eigenvalue weighted by Gasteiger charge is -2.16. The number of hydrogen-bond acceptors (Lipinski definition) is 2. The molecular formula is C19H23ClN2S2. The van der Waals surface area contributed by atoms with Crippen LogP contribution in [0.5, 0.6) is 0 Å². The third-order valence-electron chi connectivity index (χ3n) is 3.59. The zero-order valence-electron chi connectivity index (χ0n) is 14.2. The number of anilines is 1. The van der Waals surface area contributed by atoms with E-state index in [4.69, 9.17) is 23.8 Å². The molecule has 5 heteroatoms. The largest absolute Gasteiger partial charge is 0.362 e. The van der Waals surface area contributed by atoms with E-state index in [0.29, 0.717) is 11.0 Å². The van der Waals surface area contributed by atoms with E-state index in [9.17, 15) is 0 Å². The van der Waals surface area contributed by atoms with E-state index >= 15 is 0 Å². The van der Waals surface area contributed by atoms with E-state index in [1.54, 1.807) is 0 Å². The summed E-state index contributed by atoms with van der Waals surface area (Å²) in [6.45, 7) is 7.24. The van der Waals surface area contributed by atoms with Gasteiger partial charge < -0.3 is 10.6 Å². The highest BCUT2D eigenvalue weighted by molar-refractivity contribution is 7.99. The summed E-state index contributed by atoms with van der Waals surface area (Å²) < 4.78 is 0. The molecule has 0 amide bonds. The smallest absolute Gasteiger partial charge is 0.170 e. The molecule has 2 aromatic carbocycles. The van der Waals surface area contributed by atoms with Crippen LogP contribution in [0.25, 0.3) is 0 Å². The number of thiocarbonyl (C=S) groups is 1. The lowest BCUT2D eigenvalue weighted by molar-refractivity contribution is 0.637. The Labute approximate surface area is 159 Å². The van der Waals surface area contributed by atoms with Crippen molar-refractivity contribution in [3.05, 3.63) is 58.6 Å². The minimum atomic E-state index is 0.504. The summed E-state index contributed by atoms with van der Waals surface area (Å²) in [5, 5.41) is 8.02. The third-order valence-corrected chi connectivity index (χ3v) is 5.43. The zero-order valence-corrected chi connectivity index (χ0v) is 16.6. The molecular weight excluding hydrogens is 356 g/mol. The van der Waals surface area contributed by atoms with Crippen LogP contribution < -0.4 is 10.6 Å². The van der Waals surface area contributed by atoms with E-state index in [1.807, 2.05) is 23.9 Å². The van der Waals surface area contributed by atoms with Crippen molar-refractivity contribution in [2.24, 2.45) is 5.92 Å². The topological polar surface area (TPSA) is 24.1 Å². The van der Waals surface area contributed by atoms with Crippen LogP contribution in [0.2, 0.25) is 5.02 Å². The van der Waals surface area contributed by atoms with E-state index in [1.165, 1.54) is 16.0 Å². The average molecular weight is 379 g/mol. The van der Waals surface area contributed by atoms with E-state index in [0.717, 1.165) is 23.0 Å². The molecule has 0 aliphatic heterocycles. The molecule has 2 nitrogen and oxygen atoms in total. The van der Waals surface area contributed by atoms with Gasteiger partial charge in [0.1, 0.15) is 0 Å². The number of halogens is 1. The Morgan fingerprint density at radius 1 is 1.17 bits per heavy atom. The summed E-state index contributed by atoms with van der Waals surface area (Å²) >= 11 is 13.1. The van der Waals surface area contributed by atoms with E-state index < -0.39 is 0 Å². The molecule has 128 valence electrons. The van der Waals surface area contributed by atoms with Crippen molar-refractivity contribution < 1.29 is 0 Å². The summed E-state index contributed by atoms with van der Waals surface area (Å²) in [6, 6.07) is 14.3. The van der Waals surface area contributed by atoms with E-state index in [-0.39, 0.29) is 0 Å². The van der Waals surface area contributed by atoms with Crippen molar-refractivity contribution in [1.82, 2.24) is 5.32 Å². The summed E-state index contributed by atoms with van der Waals surface area (Å²) in [7, 11) is 0. The quantitative estimate of drug-likeness (QED) is 0.499. The molecule has 0 saturated heterocycles. The van der Waals surface area contributed by atoms with Crippen molar-refractivity contribution in [3.63, 3.8) is 0 Å². The third kappa shape index (κ3) is 6.34. The number of hydrogen-bond donors (Lipinski definition) is 2. The molecule has 0 aliphatic carbocycles. The summed E-state index contributed by atoms with van der Waals surface area (Å²) in [6.07, 6.45) is 0. The molecule has 2 aromatic rings. The highest BCUT2D eigenvalue weighted by Crippen LogP contribution is 2.22. The zero-order chi connectivity index (χ0) is 17.5. The molecule has 0 saturated carbocycles. The van der Waals surface area contributed by atoms with Gasteiger partial charge in [-0.3, -0.25) is 0 Å².